The van der Waals surface area contributed by atoms with Gasteiger partial charge in [-0.3, -0.25) is 0 Å². The maximum atomic E-state index is 12.8. The van der Waals surface area contributed by atoms with E-state index in [2.05, 4.69) is 10.8 Å². The first kappa shape index (κ1) is 16.3. The number of benzene rings is 2. The van der Waals surface area contributed by atoms with Crippen molar-refractivity contribution in [1.82, 2.24) is 4.72 Å². The van der Waals surface area contributed by atoms with Crippen LogP contribution < -0.4 is 9.46 Å². The van der Waals surface area contributed by atoms with Gasteiger partial charge >= 0.3 is 0 Å². The molecular formula is C17H18ClNO3S. The van der Waals surface area contributed by atoms with Crippen molar-refractivity contribution in [2.45, 2.75) is 30.2 Å². The summed E-state index contributed by atoms with van der Waals surface area (Å²) < 4.78 is 33.6. The third kappa shape index (κ3) is 3.37. The van der Waals surface area contributed by atoms with Crippen molar-refractivity contribution in [2.75, 3.05) is 7.11 Å². The lowest BCUT2D eigenvalue weighted by molar-refractivity contribution is 0.401. The Bertz CT molecular complexity index is 820. The van der Waals surface area contributed by atoms with E-state index in [1.165, 1.54) is 18.7 Å². The first-order chi connectivity index (χ1) is 11.0. The molecule has 0 bridgehead atoms. The van der Waals surface area contributed by atoms with Crippen LogP contribution in [0.2, 0.25) is 5.02 Å². The molecule has 4 nitrogen and oxygen atoms in total. The van der Waals surface area contributed by atoms with Gasteiger partial charge in [0.05, 0.1) is 7.11 Å². The topological polar surface area (TPSA) is 55.4 Å². The van der Waals surface area contributed by atoms with E-state index in [4.69, 9.17) is 16.3 Å². The van der Waals surface area contributed by atoms with E-state index in [9.17, 15) is 8.42 Å². The largest absolute Gasteiger partial charge is 0.495 e. The lowest BCUT2D eigenvalue weighted by Crippen LogP contribution is -2.31. The van der Waals surface area contributed by atoms with Crippen LogP contribution in [0.25, 0.3) is 0 Å². The van der Waals surface area contributed by atoms with Crippen LogP contribution in [0, 0.1) is 0 Å². The van der Waals surface area contributed by atoms with Crippen molar-refractivity contribution in [3.8, 4) is 5.75 Å². The van der Waals surface area contributed by atoms with Crippen molar-refractivity contribution < 1.29 is 13.2 Å². The average Bonchev–Trinajstić information content (AvgIpc) is 2.55. The van der Waals surface area contributed by atoms with E-state index in [1.807, 2.05) is 18.2 Å². The number of methoxy groups -OCH3 is 1. The van der Waals surface area contributed by atoms with Crippen molar-refractivity contribution in [3.05, 3.63) is 58.6 Å². The van der Waals surface area contributed by atoms with Crippen LogP contribution >= 0.6 is 11.6 Å². The van der Waals surface area contributed by atoms with Gasteiger partial charge < -0.3 is 4.74 Å². The van der Waals surface area contributed by atoms with E-state index < -0.39 is 10.0 Å². The molecule has 3 rings (SSSR count). The molecule has 0 saturated heterocycles. The molecule has 0 fully saturated rings. The van der Waals surface area contributed by atoms with Crippen molar-refractivity contribution in [2.24, 2.45) is 0 Å². The van der Waals surface area contributed by atoms with Gasteiger partial charge in [-0.25, -0.2) is 13.1 Å². The van der Waals surface area contributed by atoms with Gasteiger partial charge in [0.15, 0.2) is 0 Å². The van der Waals surface area contributed by atoms with Gasteiger partial charge in [-0.15, -0.1) is 0 Å². The lowest BCUT2D eigenvalue weighted by atomic mass is 9.88. The summed E-state index contributed by atoms with van der Waals surface area (Å²) in [5.41, 5.74) is 2.24. The Hall–Kier alpha value is -1.56. The van der Waals surface area contributed by atoms with Gasteiger partial charge in [0, 0.05) is 11.1 Å². The van der Waals surface area contributed by atoms with Crippen molar-refractivity contribution >= 4 is 21.6 Å². The van der Waals surface area contributed by atoms with Gasteiger partial charge in [0.1, 0.15) is 10.6 Å². The van der Waals surface area contributed by atoms with Gasteiger partial charge in [-0.2, -0.15) is 0 Å². The Balaban J connectivity index is 1.96. The first-order valence-corrected chi connectivity index (χ1v) is 9.31. The van der Waals surface area contributed by atoms with Crippen LogP contribution in [0.3, 0.4) is 0 Å². The molecule has 0 amide bonds. The lowest BCUT2D eigenvalue weighted by Gasteiger charge is -2.26. The number of ether oxygens (including phenoxy) is 1. The third-order valence-corrected chi connectivity index (χ3v) is 5.81. The third-order valence-electron chi connectivity index (χ3n) is 4.08. The molecule has 0 saturated carbocycles. The zero-order chi connectivity index (χ0) is 16.4. The fourth-order valence-corrected chi connectivity index (χ4v) is 4.67. The SMILES string of the molecule is COc1ccc(Cl)cc1S(=O)(=O)N[C@@H]1CCCc2ccccc21. The van der Waals surface area contributed by atoms with Gasteiger partial charge in [-0.1, -0.05) is 35.9 Å². The fourth-order valence-electron chi connectivity index (χ4n) is 2.99. The molecule has 1 atom stereocenters. The summed E-state index contributed by atoms with van der Waals surface area (Å²) in [6.45, 7) is 0. The summed E-state index contributed by atoms with van der Waals surface area (Å²) in [5.74, 6) is 0.283. The Morgan fingerprint density at radius 3 is 2.78 bits per heavy atom. The second-order valence-corrected chi connectivity index (χ2v) is 7.68. The molecule has 0 spiro atoms. The molecule has 23 heavy (non-hydrogen) atoms. The van der Waals surface area contributed by atoms with Gasteiger partial charge in [0.2, 0.25) is 10.0 Å². The summed E-state index contributed by atoms with van der Waals surface area (Å²) in [7, 11) is -2.28. The number of hydrogen-bond acceptors (Lipinski definition) is 3. The quantitative estimate of drug-likeness (QED) is 0.913. The second-order valence-electron chi connectivity index (χ2n) is 5.56. The minimum Gasteiger partial charge on any atom is -0.495 e. The highest BCUT2D eigenvalue weighted by atomic mass is 35.5. The Morgan fingerprint density at radius 2 is 2.00 bits per heavy atom. The summed E-state index contributed by atoms with van der Waals surface area (Å²) in [6, 6.07) is 12.3. The van der Waals surface area contributed by atoms with Gasteiger partial charge in [-0.05, 0) is 48.6 Å². The van der Waals surface area contributed by atoms with Crippen LogP contribution in [0.5, 0.6) is 5.75 Å². The predicted molar refractivity (Wildman–Crippen MR) is 90.4 cm³/mol. The van der Waals surface area contributed by atoms with E-state index in [0.717, 1.165) is 24.8 Å². The van der Waals surface area contributed by atoms with Crippen LogP contribution in [0.15, 0.2) is 47.4 Å². The molecule has 0 aromatic heterocycles. The number of aryl methyl sites for hydroxylation is 1. The molecule has 122 valence electrons. The summed E-state index contributed by atoms with van der Waals surface area (Å²) in [4.78, 5) is 0.0653. The molecule has 0 aliphatic heterocycles. The minimum atomic E-state index is -3.73. The van der Waals surface area contributed by atoms with Gasteiger partial charge in [0.25, 0.3) is 0 Å². The zero-order valence-electron chi connectivity index (χ0n) is 12.8. The average molecular weight is 352 g/mol. The van der Waals surface area contributed by atoms with Crippen molar-refractivity contribution in [3.63, 3.8) is 0 Å². The molecule has 0 heterocycles. The number of nitrogens with one attached hydrogen (secondary N) is 1. The molecule has 6 heteroatoms. The highest BCUT2D eigenvalue weighted by Gasteiger charge is 2.27. The molecular weight excluding hydrogens is 334 g/mol. The predicted octanol–water partition coefficient (Wildman–Crippen LogP) is 3.70. The van der Waals surface area contributed by atoms with E-state index in [0.29, 0.717) is 5.02 Å². The zero-order valence-corrected chi connectivity index (χ0v) is 14.3. The normalized spacial score (nSPS) is 17.6. The molecule has 2 aromatic rings. The summed E-state index contributed by atoms with van der Waals surface area (Å²) in [5, 5.41) is 0.357. The molecule has 1 N–H and O–H groups in total. The summed E-state index contributed by atoms with van der Waals surface area (Å²) in [6.07, 6.45) is 2.71. The number of fused-ring (bicyclic) bond motifs is 1. The Morgan fingerprint density at radius 1 is 1.22 bits per heavy atom. The molecule has 0 unspecified atom stereocenters. The highest BCUT2D eigenvalue weighted by molar-refractivity contribution is 7.89. The highest BCUT2D eigenvalue weighted by Crippen LogP contribution is 2.33. The Kier molecular flexibility index (Phi) is 4.62. The van der Waals surface area contributed by atoms with E-state index in [1.54, 1.807) is 12.1 Å². The number of sulfonamides is 1. The molecule has 2 aromatic carbocycles. The number of halogens is 1. The number of hydrogen-bond donors (Lipinski definition) is 1. The maximum Gasteiger partial charge on any atom is 0.244 e. The van der Waals surface area contributed by atoms with Crippen LogP contribution in [0.4, 0.5) is 0 Å². The molecule has 1 aliphatic carbocycles. The summed E-state index contributed by atoms with van der Waals surface area (Å²) >= 11 is 5.96. The molecule has 0 radical (unpaired) electrons. The second kappa shape index (κ2) is 6.51. The fraction of sp³-hybridized carbons (Fsp3) is 0.294. The van der Waals surface area contributed by atoms with Crippen LogP contribution in [-0.2, 0) is 16.4 Å². The minimum absolute atomic E-state index is 0.0653. The van der Waals surface area contributed by atoms with Crippen LogP contribution in [0.1, 0.15) is 30.0 Å². The first-order valence-electron chi connectivity index (χ1n) is 7.45. The smallest absolute Gasteiger partial charge is 0.244 e. The number of rotatable bonds is 4. The standard InChI is InChI=1S/C17H18ClNO3S/c1-22-16-10-9-13(18)11-17(16)23(20,21)19-15-8-4-6-12-5-2-3-7-14(12)15/h2-3,5,7,9-11,15,19H,4,6,8H2,1H3/t15-/m1/s1. The maximum absolute atomic E-state index is 12.8. The van der Waals surface area contributed by atoms with E-state index >= 15 is 0 Å². The van der Waals surface area contributed by atoms with Crippen LogP contribution in [-0.4, -0.2) is 15.5 Å². The Labute approximate surface area is 141 Å². The molecule has 1 aliphatic rings. The van der Waals surface area contributed by atoms with E-state index in [-0.39, 0.29) is 16.7 Å². The van der Waals surface area contributed by atoms with Crippen molar-refractivity contribution in [1.29, 1.82) is 0 Å². The monoisotopic (exact) mass is 351 g/mol.